The van der Waals surface area contributed by atoms with Crippen molar-refractivity contribution < 1.29 is 27.9 Å². The van der Waals surface area contributed by atoms with Crippen LogP contribution in [0.3, 0.4) is 0 Å². The molecule has 2 N–H and O–H groups in total. The summed E-state index contributed by atoms with van der Waals surface area (Å²) >= 11 is 0. The van der Waals surface area contributed by atoms with Crippen LogP contribution >= 0.6 is 0 Å². The highest BCUT2D eigenvalue weighted by Gasteiger charge is 2.35. The van der Waals surface area contributed by atoms with Crippen LogP contribution in [0, 0.1) is 0 Å². The number of carboxylic acids is 1. The molecular formula is C27H31F3N2O3. The number of nitrogens with one attached hydrogen (secondary N) is 1. The number of hydrogen-bond donors (Lipinski definition) is 2. The van der Waals surface area contributed by atoms with Crippen LogP contribution in [-0.2, 0) is 35.3 Å². The van der Waals surface area contributed by atoms with Gasteiger partial charge in [0.15, 0.2) is 5.84 Å². The SMILES string of the molecule is O=C(O)CCN/C(=N/OCc1ccc(C2CCCCC2)c(C(F)(F)F)c1)c1ccc2c(c1)CCC2. The number of fused-ring (bicyclic) bond motifs is 1. The van der Waals surface area contributed by atoms with Crippen LogP contribution in [0.25, 0.3) is 0 Å². The Morgan fingerprint density at radius 2 is 1.80 bits per heavy atom. The molecule has 2 aromatic rings. The van der Waals surface area contributed by atoms with Gasteiger partial charge in [-0.2, -0.15) is 13.2 Å². The van der Waals surface area contributed by atoms with E-state index in [0.717, 1.165) is 56.9 Å². The third-order valence-electron chi connectivity index (χ3n) is 6.86. The second-order valence-corrected chi connectivity index (χ2v) is 9.38. The molecule has 0 spiro atoms. The monoisotopic (exact) mass is 488 g/mol. The van der Waals surface area contributed by atoms with Crippen LogP contribution in [0.5, 0.6) is 0 Å². The van der Waals surface area contributed by atoms with E-state index in [1.165, 1.54) is 17.2 Å². The highest BCUT2D eigenvalue weighted by molar-refractivity contribution is 5.98. The van der Waals surface area contributed by atoms with Crippen molar-refractivity contribution in [1.29, 1.82) is 0 Å². The molecule has 0 saturated heterocycles. The Hall–Kier alpha value is -3.03. The average Bonchev–Trinajstić information content (AvgIpc) is 3.31. The number of halogens is 3. The van der Waals surface area contributed by atoms with Crippen LogP contribution in [0.1, 0.15) is 84.2 Å². The van der Waals surface area contributed by atoms with Gasteiger partial charge in [-0.3, -0.25) is 4.79 Å². The van der Waals surface area contributed by atoms with E-state index in [-0.39, 0.29) is 25.5 Å². The summed E-state index contributed by atoms with van der Waals surface area (Å²) in [6.45, 7) is 0.0337. The molecule has 0 bridgehead atoms. The molecule has 0 atom stereocenters. The van der Waals surface area contributed by atoms with Gasteiger partial charge in [0.2, 0.25) is 0 Å². The summed E-state index contributed by atoms with van der Waals surface area (Å²) in [6.07, 6.45) is 3.14. The maximum atomic E-state index is 13.8. The lowest BCUT2D eigenvalue weighted by molar-refractivity contribution is -0.139. The predicted octanol–water partition coefficient (Wildman–Crippen LogP) is 6.18. The number of benzene rings is 2. The van der Waals surface area contributed by atoms with E-state index in [9.17, 15) is 18.0 Å². The third-order valence-corrected chi connectivity index (χ3v) is 6.86. The fourth-order valence-corrected chi connectivity index (χ4v) is 5.07. The number of aliphatic carboxylic acids is 1. The Labute approximate surface area is 203 Å². The minimum atomic E-state index is -4.43. The molecule has 2 aromatic carbocycles. The Balaban J connectivity index is 1.51. The number of carbonyl (C=O) groups is 1. The number of nitrogens with zero attached hydrogens (tertiary/aromatic N) is 1. The molecule has 2 aliphatic rings. The second-order valence-electron chi connectivity index (χ2n) is 9.38. The van der Waals surface area contributed by atoms with Gasteiger partial charge in [-0.1, -0.05) is 48.7 Å². The minimum Gasteiger partial charge on any atom is -0.481 e. The lowest BCUT2D eigenvalue weighted by Gasteiger charge is -2.25. The smallest absolute Gasteiger partial charge is 0.416 e. The number of alkyl halides is 3. The van der Waals surface area contributed by atoms with Gasteiger partial charge >= 0.3 is 12.1 Å². The molecule has 0 aromatic heterocycles. The van der Waals surface area contributed by atoms with Crippen LogP contribution in [0.2, 0.25) is 0 Å². The van der Waals surface area contributed by atoms with E-state index in [4.69, 9.17) is 9.94 Å². The fourth-order valence-electron chi connectivity index (χ4n) is 5.07. The van der Waals surface area contributed by atoms with Crippen molar-refractivity contribution in [3.05, 3.63) is 69.8 Å². The molecular weight excluding hydrogens is 457 g/mol. The van der Waals surface area contributed by atoms with E-state index in [2.05, 4.69) is 10.5 Å². The van der Waals surface area contributed by atoms with Crippen molar-refractivity contribution in [2.24, 2.45) is 5.16 Å². The lowest BCUT2D eigenvalue weighted by Crippen LogP contribution is -2.27. The Bertz CT molecular complexity index is 1080. The van der Waals surface area contributed by atoms with Crippen LogP contribution in [0.4, 0.5) is 13.2 Å². The summed E-state index contributed by atoms with van der Waals surface area (Å²) in [5.74, 6) is -0.626. The summed E-state index contributed by atoms with van der Waals surface area (Å²) in [7, 11) is 0. The van der Waals surface area contributed by atoms with Crippen molar-refractivity contribution >= 4 is 11.8 Å². The minimum absolute atomic E-state index is 0.0572. The molecule has 1 fully saturated rings. The number of oxime groups is 1. The van der Waals surface area contributed by atoms with Gasteiger partial charge in [0, 0.05) is 12.1 Å². The van der Waals surface area contributed by atoms with Crippen LogP contribution < -0.4 is 5.32 Å². The maximum Gasteiger partial charge on any atom is 0.416 e. The van der Waals surface area contributed by atoms with E-state index >= 15 is 0 Å². The van der Waals surface area contributed by atoms with E-state index in [0.29, 0.717) is 17.0 Å². The zero-order valence-corrected chi connectivity index (χ0v) is 19.7. The summed E-state index contributed by atoms with van der Waals surface area (Å²) in [5, 5.41) is 16.1. The van der Waals surface area contributed by atoms with Crippen molar-refractivity contribution in [2.75, 3.05) is 6.54 Å². The van der Waals surface area contributed by atoms with Crippen molar-refractivity contribution in [3.63, 3.8) is 0 Å². The molecule has 0 heterocycles. The van der Waals surface area contributed by atoms with Crippen molar-refractivity contribution in [3.8, 4) is 0 Å². The lowest BCUT2D eigenvalue weighted by atomic mass is 9.81. The Morgan fingerprint density at radius 3 is 2.54 bits per heavy atom. The van der Waals surface area contributed by atoms with E-state index in [1.54, 1.807) is 12.1 Å². The fraction of sp³-hybridized carbons (Fsp3) is 0.481. The molecule has 188 valence electrons. The Morgan fingerprint density at radius 1 is 1.03 bits per heavy atom. The molecule has 0 unspecified atom stereocenters. The van der Waals surface area contributed by atoms with Crippen molar-refractivity contribution in [2.45, 2.75) is 76.5 Å². The zero-order valence-electron chi connectivity index (χ0n) is 19.7. The number of carboxylic acid groups (broad SMARTS) is 1. The normalized spacial score (nSPS) is 16.7. The average molecular weight is 489 g/mol. The van der Waals surface area contributed by atoms with Crippen LogP contribution in [-0.4, -0.2) is 23.5 Å². The first-order valence-electron chi connectivity index (χ1n) is 12.3. The van der Waals surface area contributed by atoms with Crippen molar-refractivity contribution in [1.82, 2.24) is 5.32 Å². The van der Waals surface area contributed by atoms with Gasteiger partial charge < -0.3 is 15.3 Å². The first-order valence-corrected chi connectivity index (χ1v) is 12.3. The molecule has 5 nitrogen and oxygen atoms in total. The highest BCUT2D eigenvalue weighted by atomic mass is 19.4. The summed E-state index contributed by atoms with van der Waals surface area (Å²) < 4.78 is 41.5. The van der Waals surface area contributed by atoms with Gasteiger partial charge in [-0.25, -0.2) is 0 Å². The number of aryl methyl sites for hydroxylation is 2. The molecule has 0 radical (unpaired) electrons. The molecule has 4 rings (SSSR count). The summed E-state index contributed by atoms with van der Waals surface area (Å²) in [6, 6.07) is 10.4. The van der Waals surface area contributed by atoms with Gasteiger partial charge in [0.05, 0.1) is 12.0 Å². The topological polar surface area (TPSA) is 70.9 Å². The van der Waals surface area contributed by atoms with Gasteiger partial charge in [0.1, 0.15) is 6.61 Å². The molecule has 0 amide bonds. The Kier molecular flexibility index (Phi) is 7.98. The first kappa shape index (κ1) is 25.1. The van der Waals surface area contributed by atoms with Gasteiger partial charge in [0.25, 0.3) is 0 Å². The summed E-state index contributed by atoms with van der Waals surface area (Å²) in [4.78, 5) is 16.4. The standard InChI is InChI=1S/C27H31F3N2O3/c28-27(29,30)24-15-18(9-12-23(24)20-5-2-1-3-6-20)17-35-32-26(31-14-13-25(33)34)22-11-10-19-7-4-8-21(19)16-22/h9-12,15-16,20H,1-8,13-14,17H2,(H,31,32)(H,33,34). The van der Waals surface area contributed by atoms with Crippen LogP contribution in [0.15, 0.2) is 41.6 Å². The number of hydrogen-bond acceptors (Lipinski definition) is 3. The summed E-state index contributed by atoms with van der Waals surface area (Å²) in [5.41, 5.74) is 3.45. The van der Waals surface area contributed by atoms with E-state index < -0.39 is 17.7 Å². The molecule has 0 aliphatic heterocycles. The first-order chi connectivity index (χ1) is 16.8. The van der Waals surface area contributed by atoms with Gasteiger partial charge in [-0.15, -0.1) is 0 Å². The van der Waals surface area contributed by atoms with E-state index in [1.807, 2.05) is 18.2 Å². The third kappa shape index (κ3) is 6.55. The molecule has 8 heteroatoms. The molecule has 1 saturated carbocycles. The van der Waals surface area contributed by atoms with Gasteiger partial charge in [-0.05, 0) is 72.4 Å². The largest absolute Gasteiger partial charge is 0.481 e. The molecule has 35 heavy (non-hydrogen) atoms. The maximum absolute atomic E-state index is 13.8. The second kappa shape index (κ2) is 11.1. The number of amidine groups is 1. The number of rotatable bonds is 8. The molecule has 2 aliphatic carbocycles. The highest BCUT2D eigenvalue weighted by Crippen LogP contribution is 2.41. The quantitative estimate of drug-likeness (QED) is 0.264. The zero-order chi connectivity index (χ0) is 24.8. The predicted molar refractivity (Wildman–Crippen MR) is 127 cm³/mol.